The van der Waals surface area contributed by atoms with Gasteiger partial charge in [0.05, 0.1) is 0 Å². The molecule has 0 saturated carbocycles. The number of benzene rings is 1. The molecule has 0 radical (unpaired) electrons. The molecule has 1 saturated heterocycles. The normalized spacial score (nSPS) is 21.2. The van der Waals surface area contributed by atoms with E-state index in [4.69, 9.17) is 5.73 Å². The first-order valence-corrected chi connectivity index (χ1v) is 5.96. The Hall–Kier alpha value is -1.06. The van der Waals surface area contributed by atoms with Crippen LogP contribution in [0.3, 0.4) is 0 Å². The number of anilines is 1. The molecular weight excluding hydrogens is 198 g/mol. The van der Waals surface area contributed by atoms with Crippen molar-refractivity contribution in [2.45, 2.75) is 19.9 Å². The van der Waals surface area contributed by atoms with Crippen molar-refractivity contribution < 1.29 is 0 Å². The van der Waals surface area contributed by atoms with E-state index in [1.807, 2.05) is 0 Å². The summed E-state index contributed by atoms with van der Waals surface area (Å²) in [5.41, 5.74) is 9.75. The van der Waals surface area contributed by atoms with Gasteiger partial charge in [0.25, 0.3) is 0 Å². The average molecular weight is 219 g/mol. The summed E-state index contributed by atoms with van der Waals surface area (Å²) in [7, 11) is 0. The zero-order valence-corrected chi connectivity index (χ0v) is 10.2. The summed E-state index contributed by atoms with van der Waals surface area (Å²) in [6.07, 6.45) is 0. The lowest BCUT2D eigenvalue weighted by atomic mass is 10.1. The van der Waals surface area contributed by atoms with E-state index in [-0.39, 0.29) is 0 Å². The average Bonchev–Trinajstić information content (AvgIpc) is 2.29. The number of aryl methyl sites for hydroxylation is 2. The number of hydrogen-bond acceptors (Lipinski definition) is 3. The first kappa shape index (κ1) is 11.4. The molecular formula is C13H21N3. The van der Waals surface area contributed by atoms with Crippen molar-refractivity contribution >= 4 is 5.69 Å². The van der Waals surface area contributed by atoms with Gasteiger partial charge < -0.3 is 16.0 Å². The zero-order chi connectivity index (χ0) is 11.5. The maximum Gasteiger partial charge on any atom is 0.0397 e. The number of rotatable bonds is 2. The SMILES string of the molecule is Cc1ccc(N2CCNC(CN)C2)c(C)c1. The van der Waals surface area contributed by atoms with E-state index in [9.17, 15) is 0 Å². The van der Waals surface area contributed by atoms with Gasteiger partial charge in [0.1, 0.15) is 0 Å². The van der Waals surface area contributed by atoms with Crippen LogP contribution in [0.2, 0.25) is 0 Å². The number of hydrogen-bond donors (Lipinski definition) is 2. The van der Waals surface area contributed by atoms with Crippen molar-refractivity contribution in [1.29, 1.82) is 0 Å². The van der Waals surface area contributed by atoms with E-state index in [0.717, 1.165) is 19.6 Å². The quantitative estimate of drug-likeness (QED) is 0.781. The molecule has 1 atom stereocenters. The summed E-state index contributed by atoms with van der Waals surface area (Å²) in [5, 5.41) is 3.43. The van der Waals surface area contributed by atoms with Crippen LogP contribution in [0, 0.1) is 13.8 Å². The van der Waals surface area contributed by atoms with Crippen molar-refractivity contribution in [3.8, 4) is 0 Å². The summed E-state index contributed by atoms with van der Waals surface area (Å²) >= 11 is 0. The molecule has 1 aliphatic heterocycles. The Morgan fingerprint density at radius 2 is 2.25 bits per heavy atom. The number of piperazine rings is 1. The van der Waals surface area contributed by atoms with Crippen molar-refractivity contribution in [1.82, 2.24) is 5.32 Å². The van der Waals surface area contributed by atoms with Crippen LogP contribution in [-0.2, 0) is 0 Å². The van der Waals surface area contributed by atoms with Crippen LogP contribution in [0.15, 0.2) is 18.2 Å². The van der Waals surface area contributed by atoms with E-state index < -0.39 is 0 Å². The third kappa shape index (κ3) is 2.36. The number of nitrogens with one attached hydrogen (secondary N) is 1. The lowest BCUT2D eigenvalue weighted by Gasteiger charge is -2.35. The summed E-state index contributed by atoms with van der Waals surface area (Å²) in [6.45, 7) is 8.14. The van der Waals surface area contributed by atoms with Crippen LogP contribution in [-0.4, -0.2) is 32.2 Å². The van der Waals surface area contributed by atoms with Crippen molar-refractivity contribution in [3.05, 3.63) is 29.3 Å². The van der Waals surface area contributed by atoms with Gasteiger partial charge in [-0.25, -0.2) is 0 Å². The van der Waals surface area contributed by atoms with Gasteiger partial charge in [-0.1, -0.05) is 17.7 Å². The Labute approximate surface area is 97.6 Å². The summed E-state index contributed by atoms with van der Waals surface area (Å²) in [4.78, 5) is 2.43. The second-order valence-electron chi connectivity index (χ2n) is 4.62. The maximum atomic E-state index is 5.72. The molecule has 3 nitrogen and oxygen atoms in total. The highest BCUT2D eigenvalue weighted by atomic mass is 15.2. The van der Waals surface area contributed by atoms with Crippen LogP contribution >= 0.6 is 0 Å². The Bertz CT molecular complexity index is 362. The molecule has 0 aliphatic carbocycles. The molecule has 1 aliphatic rings. The maximum absolute atomic E-state index is 5.72. The van der Waals surface area contributed by atoms with Crippen LogP contribution in [0.25, 0.3) is 0 Å². The molecule has 0 bridgehead atoms. The molecule has 1 heterocycles. The van der Waals surface area contributed by atoms with E-state index in [0.29, 0.717) is 12.6 Å². The van der Waals surface area contributed by atoms with E-state index in [1.165, 1.54) is 16.8 Å². The number of nitrogens with zero attached hydrogens (tertiary/aromatic N) is 1. The first-order valence-electron chi connectivity index (χ1n) is 5.96. The van der Waals surface area contributed by atoms with E-state index in [1.54, 1.807) is 0 Å². The largest absolute Gasteiger partial charge is 0.368 e. The van der Waals surface area contributed by atoms with Gasteiger partial charge in [-0.15, -0.1) is 0 Å². The highest BCUT2D eigenvalue weighted by Gasteiger charge is 2.19. The molecule has 0 spiro atoms. The monoisotopic (exact) mass is 219 g/mol. The fraction of sp³-hybridized carbons (Fsp3) is 0.538. The molecule has 1 aromatic carbocycles. The van der Waals surface area contributed by atoms with Gasteiger partial charge in [-0.3, -0.25) is 0 Å². The highest BCUT2D eigenvalue weighted by Crippen LogP contribution is 2.22. The Morgan fingerprint density at radius 1 is 1.44 bits per heavy atom. The van der Waals surface area contributed by atoms with Gasteiger partial charge in [0.2, 0.25) is 0 Å². The van der Waals surface area contributed by atoms with Gasteiger partial charge in [0.15, 0.2) is 0 Å². The molecule has 88 valence electrons. The summed E-state index contributed by atoms with van der Waals surface area (Å²) < 4.78 is 0. The van der Waals surface area contributed by atoms with Crippen molar-refractivity contribution in [3.63, 3.8) is 0 Å². The minimum absolute atomic E-state index is 0.425. The molecule has 3 N–H and O–H groups in total. The predicted molar refractivity (Wildman–Crippen MR) is 69.0 cm³/mol. The second-order valence-corrected chi connectivity index (χ2v) is 4.62. The molecule has 1 fully saturated rings. The van der Waals surface area contributed by atoms with Crippen LogP contribution in [0.5, 0.6) is 0 Å². The highest BCUT2D eigenvalue weighted by molar-refractivity contribution is 5.54. The van der Waals surface area contributed by atoms with Crippen LogP contribution in [0.4, 0.5) is 5.69 Å². The van der Waals surface area contributed by atoms with Gasteiger partial charge in [-0.2, -0.15) is 0 Å². The molecule has 0 aromatic heterocycles. The van der Waals surface area contributed by atoms with Crippen LogP contribution in [0.1, 0.15) is 11.1 Å². The zero-order valence-electron chi connectivity index (χ0n) is 10.2. The smallest absolute Gasteiger partial charge is 0.0397 e. The molecule has 1 aromatic rings. The molecule has 1 unspecified atom stereocenters. The fourth-order valence-electron chi connectivity index (χ4n) is 2.36. The van der Waals surface area contributed by atoms with Gasteiger partial charge >= 0.3 is 0 Å². The van der Waals surface area contributed by atoms with Crippen molar-refractivity contribution in [2.75, 3.05) is 31.1 Å². The van der Waals surface area contributed by atoms with E-state index in [2.05, 4.69) is 42.3 Å². The lowest BCUT2D eigenvalue weighted by Crippen LogP contribution is -2.53. The predicted octanol–water partition coefficient (Wildman–Crippen LogP) is 1.04. The minimum atomic E-state index is 0.425. The summed E-state index contributed by atoms with van der Waals surface area (Å²) in [6, 6.07) is 7.08. The standard InChI is InChI=1S/C13H21N3/c1-10-3-4-13(11(2)7-10)16-6-5-15-12(8-14)9-16/h3-4,7,12,15H,5-6,8-9,14H2,1-2H3. The molecule has 3 heteroatoms. The Kier molecular flexibility index (Phi) is 3.46. The topological polar surface area (TPSA) is 41.3 Å². The third-order valence-electron chi connectivity index (χ3n) is 3.23. The Morgan fingerprint density at radius 3 is 2.94 bits per heavy atom. The second kappa shape index (κ2) is 4.85. The minimum Gasteiger partial charge on any atom is -0.368 e. The molecule has 16 heavy (non-hydrogen) atoms. The lowest BCUT2D eigenvalue weighted by molar-refractivity contribution is 0.463. The fourth-order valence-corrected chi connectivity index (χ4v) is 2.36. The van der Waals surface area contributed by atoms with E-state index >= 15 is 0 Å². The number of nitrogens with two attached hydrogens (primary N) is 1. The van der Waals surface area contributed by atoms with Crippen LogP contribution < -0.4 is 16.0 Å². The summed E-state index contributed by atoms with van der Waals surface area (Å²) in [5.74, 6) is 0. The molecule has 2 rings (SSSR count). The van der Waals surface area contributed by atoms with Gasteiger partial charge in [-0.05, 0) is 25.5 Å². The Balaban J connectivity index is 2.16. The molecule has 0 amide bonds. The van der Waals surface area contributed by atoms with Crippen molar-refractivity contribution in [2.24, 2.45) is 5.73 Å². The first-order chi connectivity index (χ1) is 7.70. The third-order valence-corrected chi connectivity index (χ3v) is 3.23. The van der Waals surface area contributed by atoms with Gasteiger partial charge in [0, 0.05) is 37.9 Å².